The molecule has 0 bridgehead atoms. The highest BCUT2D eigenvalue weighted by atomic mass is 15.5. The molecule has 0 saturated carbocycles. The molecular weight excluding hydrogens is 100 g/mol. The van der Waals surface area contributed by atoms with Crippen LogP contribution in [0.15, 0.2) is 5.10 Å². The van der Waals surface area contributed by atoms with Crippen LogP contribution in [0.1, 0.15) is 20.3 Å². The Kier molecular flexibility index (Phi) is 1.24. The summed E-state index contributed by atoms with van der Waals surface area (Å²) in [5.41, 5.74) is 1.25. The van der Waals surface area contributed by atoms with E-state index in [0.717, 1.165) is 6.42 Å². The Morgan fingerprint density at radius 2 is 2.38 bits per heavy atom. The minimum absolute atomic E-state index is 0.620. The van der Waals surface area contributed by atoms with Crippen molar-refractivity contribution < 1.29 is 0 Å². The second-order valence-electron chi connectivity index (χ2n) is 2.46. The molecule has 2 heteroatoms. The lowest BCUT2D eigenvalue weighted by Crippen LogP contribution is -2.17. The van der Waals surface area contributed by atoms with Gasteiger partial charge in [0.2, 0.25) is 0 Å². The van der Waals surface area contributed by atoms with E-state index in [9.17, 15) is 0 Å². The molecule has 0 aromatic rings. The van der Waals surface area contributed by atoms with E-state index in [0.29, 0.717) is 6.04 Å². The summed E-state index contributed by atoms with van der Waals surface area (Å²) in [6, 6.07) is 0.620. The highest BCUT2D eigenvalue weighted by Gasteiger charge is 2.14. The first-order valence-corrected chi connectivity index (χ1v) is 2.97. The van der Waals surface area contributed by atoms with E-state index in [2.05, 4.69) is 18.9 Å². The van der Waals surface area contributed by atoms with Crippen LogP contribution in [0.25, 0.3) is 0 Å². The van der Waals surface area contributed by atoms with Crippen molar-refractivity contribution in [3.63, 3.8) is 0 Å². The molecule has 0 aliphatic carbocycles. The van der Waals surface area contributed by atoms with Crippen molar-refractivity contribution in [2.75, 3.05) is 7.05 Å². The minimum Gasteiger partial charge on any atom is -0.297 e. The molecule has 1 aliphatic rings. The largest absolute Gasteiger partial charge is 0.297 e. The number of hydrogen-bond donors (Lipinski definition) is 0. The van der Waals surface area contributed by atoms with E-state index in [-0.39, 0.29) is 0 Å². The molecule has 0 radical (unpaired) electrons. The summed E-state index contributed by atoms with van der Waals surface area (Å²) in [5.74, 6) is 0. The summed E-state index contributed by atoms with van der Waals surface area (Å²) in [5, 5.41) is 6.23. The van der Waals surface area contributed by atoms with Crippen molar-refractivity contribution in [1.82, 2.24) is 5.01 Å². The van der Waals surface area contributed by atoms with Crippen LogP contribution in [0.3, 0.4) is 0 Å². The Bertz CT molecular complexity index is 118. The lowest BCUT2D eigenvalue weighted by Gasteiger charge is -2.11. The van der Waals surface area contributed by atoms with Gasteiger partial charge in [-0.2, -0.15) is 5.10 Å². The normalized spacial score (nSPS) is 28.6. The van der Waals surface area contributed by atoms with E-state index in [1.165, 1.54) is 5.71 Å². The topological polar surface area (TPSA) is 15.6 Å². The van der Waals surface area contributed by atoms with Crippen molar-refractivity contribution in [1.29, 1.82) is 0 Å². The first-order chi connectivity index (χ1) is 3.70. The van der Waals surface area contributed by atoms with E-state index < -0.39 is 0 Å². The molecule has 1 unspecified atom stereocenters. The molecule has 0 fully saturated rings. The fourth-order valence-corrected chi connectivity index (χ4v) is 0.968. The molecule has 1 aliphatic heterocycles. The molecule has 1 rings (SSSR count). The Morgan fingerprint density at radius 1 is 1.75 bits per heavy atom. The van der Waals surface area contributed by atoms with E-state index >= 15 is 0 Å². The van der Waals surface area contributed by atoms with E-state index in [4.69, 9.17) is 0 Å². The van der Waals surface area contributed by atoms with Crippen LogP contribution in [0.2, 0.25) is 0 Å². The first-order valence-electron chi connectivity index (χ1n) is 2.97. The van der Waals surface area contributed by atoms with Gasteiger partial charge in [-0.05, 0) is 13.8 Å². The Hall–Kier alpha value is -0.530. The minimum atomic E-state index is 0.620. The van der Waals surface area contributed by atoms with Crippen molar-refractivity contribution in [2.24, 2.45) is 5.10 Å². The zero-order valence-electron chi connectivity index (χ0n) is 5.68. The van der Waals surface area contributed by atoms with Crippen LogP contribution >= 0.6 is 0 Å². The van der Waals surface area contributed by atoms with Crippen LogP contribution in [0.4, 0.5) is 0 Å². The monoisotopic (exact) mass is 112 g/mol. The van der Waals surface area contributed by atoms with Gasteiger partial charge in [-0.1, -0.05) is 0 Å². The third-order valence-corrected chi connectivity index (χ3v) is 1.56. The molecule has 0 N–H and O–H groups in total. The van der Waals surface area contributed by atoms with Gasteiger partial charge in [0.1, 0.15) is 0 Å². The van der Waals surface area contributed by atoms with Crippen molar-refractivity contribution in [3.8, 4) is 0 Å². The van der Waals surface area contributed by atoms with Gasteiger partial charge in [-0.3, -0.25) is 5.01 Å². The summed E-state index contributed by atoms with van der Waals surface area (Å²) in [6.07, 6.45) is 1.14. The average Bonchev–Trinajstić information content (AvgIpc) is 1.85. The summed E-state index contributed by atoms with van der Waals surface area (Å²) < 4.78 is 0. The summed E-state index contributed by atoms with van der Waals surface area (Å²) in [6.45, 7) is 4.25. The Morgan fingerprint density at radius 3 is 2.50 bits per heavy atom. The summed E-state index contributed by atoms with van der Waals surface area (Å²) >= 11 is 0. The quantitative estimate of drug-likeness (QED) is 0.458. The fraction of sp³-hybridized carbons (Fsp3) is 0.833. The smallest absolute Gasteiger partial charge is 0.0491 e. The molecular formula is C6H12N2. The van der Waals surface area contributed by atoms with Gasteiger partial charge in [0, 0.05) is 25.2 Å². The molecule has 1 heterocycles. The molecule has 0 spiro atoms. The van der Waals surface area contributed by atoms with Gasteiger partial charge in [-0.25, -0.2) is 0 Å². The van der Waals surface area contributed by atoms with Gasteiger partial charge in [-0.15, -0.1) is 0 Å². The number of rotatable bonds is 0. The maximum atomic E-state index is 4.22. The molecule has 0 aromatic heterocycles. The lowest BCUT2D eigenvalue weighted by molar-refractivity contribution is 0.303. The van der Waals surface area contributed by atoms with Gasteiger partial charge in [0.05, 0.1) is 0 Å². The molecule has 2 nitrogen and oxygen atoms in total. The van der Waals surface area contributed by atoms with Gasteiger partial charge < -0.3 is 0 Å². The summed E-state index contributed by atoms with van der Waals surface area (Å²) in [7, 11) is 2.02. The predicted octanol–water partition coefficient (Wildman–Crippen LogP) is 1.09. The molecule has 0 amide bonds. The third kappa shape index (κ3) is 0.831. The molecule has 0 aromatic carbocycles. The highest BCUT2D eigenvalue weighted by molar-refractivity contribution is 5.83. The zero-order chi connectivity index (χ0) is 6.15. The third-order valence-electron chi connectivity index (χ3n) is 1.56. The average molecular weight is 112 g/mol. The first kappa shape index (κ1) is 5.60. The Labute approximate surface area is 50.2 Å². The van der Waals surface area contributed by atoms with E-state index in [1.54, 1.807) is 0 Å². The Balaban J connectivity index is 2.56. The molecule has 0 saturated heterocycles. The zero-order valence-corrected chi connectivity index (χ0v) is 5.68. The maximum absolute atomic E-state index is 4.22. The van der Waals surface area contributed by atoms with Crippen LogP contribution in [-0.4, -0.2) is 23.8 Å². The maximum Gasteiger partial charge on any atom is 0.0491 e. The SMILES string of the molecule is CC1=NN(C)C(C)C1. The summed E-state index contributed by atoms with van der Waals surface area (Å²) in [4.78, 5) is 0. The van der Waals surface area contributed by atoms with Gasteiger partial charge in [0.15, 0.2) is 0 Å². The molecule has 8 heavy (non-hydrogen) atoms. The fourth-order valence-electron chi connectivity index (χ4n) is 0.968. The van der Waals surface area contributed by atoms with Crippen LogP contribution in [0.5, 0.6) is 0 Å². The molecule has 1 atom stereocenters. The van der Waals surface area contributed by atoms with Crippen molar-refractivity contribution in [3.05, 3.63) is 0 Å². The number of hydrogen-bond acceptors (Lipinski definition) is 2. The van der Waals surface area contributed by atoms with Gasteiger partial charge in [0.25, 0.3) is 0 Å². The lowest BCUT2D eigenvalue weighted by atomic mass is 10.2. The van der Waals surface area contributed by atoms with Crippen LogP contribution < -0.4 is 0 Å². The van der Waals surface area contributed by atoms with Gasteiger partial charge >= 0.3 is 0 Å². The number of nitrogens with zero attached hydrogens (tertiary/aromatic N) is 2. The van der Waals surface area contributed by atoms with E-state index in [1.807, 2.05) is 12.1 Å². The van der Waals surface area contributed by atoms with Crippen molar-refractivity contribution in [2.45, 2.75) is 26.3 Å². The second kappa shape index (κ2) is 1.77. The molecule has 46 valence electrons. The second-order valence-corrected chi connectivity index (χ2v) is 2.46. The highest BCUT2D eigenvalue weighted by Crippen LogP contribution is 2.10. The van der Waals surface area contributed by atoms with Crippen LogP contribution in [0, 0.1) is 0 Å². The predicted molar refractivity (Wildman–Crippen MR) is 35.0 cm³/mol. The standard InChI is InChI=1S/C6H12N2/c1-5-4-6(2)8(3)7-5/h6H,4H2,1-3H3. The van der Waals surface area contributed by atoms with Crippen LogP contribution in [-0.2, 0) is 0 Å². The number of hydrazone groups is 1. The van der Waals surface area contributed by atoms with Crippen molar-refractivity contribution >= 4 is 5.71 Å².